The van der Waals surface area contributed by atoms with E-state index < -0.39 is 17.7 Å². The number of carbonyl (C=O) groups excluding carboxylic acids is 2. The summed E-state index contributed by atoms with van der Waals surface area (Å²) in [6.45, 7) is 8.37. The highest BCUT2D eigenvalue weighted by Gasteiger charge is 2.47. The minimum Gasteiger partial charge on any atom is -0.507 e. The lowest BCUT2D eigenvalue weighted by Crippen LogP contribution is -2.29. The molecular weight excluding hydrogens is 470 g/mol. The van der Waals surface area contributed by atoms with Crippen LogP contribution in [0.4, 0.5) is 5.69 Å². The Hall–Kier alpha value is -4.26. The highest BCUT2D eigenvalue weighted by Crippen LogP contribution is 2.44. The van der Waals surface area contributed by atoms with Gasteiger partial charge in [0, 0.05) is 11.8 Å². The average Bonchev–Trinajstić information content (AvgIpc) is 3.14. The van der Waals surface area contributed by atoms with E-state index in [2.05, 4.69) is 0 Å². The molecule has 1 heterocycles. The van der Waals surface area contributed by atoms with Gasteiger partial charge < -0.3 is 19.3 Å². The van der Waals surface area contributed by atoms with Crippen molar-refractivity contribution in [3.63, 3.8) is 0 Å². The van der Waals surface area contributed by atoms with Crippen LogP contribution < -0.4 is 19.1 Å². The van der Waals surface area contributed by atoms with E-state index >= 15 is 0 Å². The molecule has 37 heavy (non-hydrogen) atoms. The molecule has 7 nitrogen and oxygen atoms in total. The average molecular weight is 502 g/mol. The fourth-order valence-corrected chi connectivity index (χ4v) is 4.69. The van der Waals surface area contributed by atoms with Crippen molar-refractivity contribution in [2.24, 2.45) is 0 Å². The van der Waals surface area contributed by atoms with E-state index in [9.17, 15) is 14.7 Å². The number of ether oxygens (including phenoxy) is 3. The first-order chi connectivity index (χ1) is 17.8. The van der Waals surface area contributed by atoms with Crippen LogP contribution in [-0.2, 0) is 9.59 Å². The predicted octanol–water partition coefficient (Wildman–Crippen LogP) is 5.74. The van der Waals surface area contributed by atoms with Crippen molar-refractivity contribution in [1.82, 2.24) is 0 Å². The summed E-state index contributed by atoms with van der Waals surface area (Å²) < 4.78 is 16.8. The van der Waals surface area contributed by atoms with Gasteiger partial charge in [0.2, 0.25) is 0 Å². The van der Waals surface area contributed by atoms with E-state index in [0.717, 1.165) is 11.1 Å². The first kappa shape index (κ1) is 25.8. The molecule has 1 atom stereocenters. The monoisotopic (exact) mass is 501 g/mol. The quantitative estimate of drug-likeness (QED) is 0.241. The molecule has 1 saturated heterocycles. The summed E-state index contributed by atoms with van der Waals surface area (Å²) in [6.07, 6.45) is 0. The van der Waals surface area contributed by atoms with Crippen LogP contribution in [0.1, 0.15) is 42.1 Å². The normalized spacial score (nSPS) is 16.7. The van der Waals surface area contributed by atoms with Crippen molar-refractivity contribution < 1.29 is 28.9 Å². The summed E-state index contributed by atoms with van der Waals surface area (Å²) in [4.78, 5) is 28.5. The molecule has 0 aliphatic carbocycles. The molecule has 1 fully saturated rings. The summed E-state index contributed by atoms with van der Waals surface area (Å²) in [5.41, 5.74) is 3.38. The fraction of sp³-hybridized carbons (Fsp3) is 0.267. The maximum Gasteiger partial charge on any atom is 0.300 e. The molecule has 3 aromatic rings. The zero-order valence-electron chi connectivity index (χ0n) is 21.7. The Labute approximate surface area is 216 Å². The zero-order valence-corrected chi connectivity index (χ0v) is 21.7. The van der Waals surface area contributed by atoms with E-state index in [4.69, 9.17) is 14.2 Å². The van der Waals surface area contributed by atoms with Gasteiger partial charge in [-0.2, -0.15) is 0 Å². The molecule has 1 unspecified atom stereocenters. The maximum absolute atomic E-state index is 13.5. The van der Waals surface area contributed by atoms with E-state index in [1.807, 2.05) is 52.0 Å². The fourth-order valence-electron chi connectivity index (χ4n) is 4.69. The van der Waals surface area contributed by atoms with Crippen LogP contribution in [0.3, 0.4) is 0 Å². The number of ketones is 1. The van der Waals surface area contributed by atoms with Gasteiger partial charge in [0.15, 0.2) is 0 Å². The Kier molecular flexibility index (Phi) is 7.53. The molecule has 1 amide bonds. The van der Waals surface area contributed by atoms with Gasteiger partial charge in [-0.25, -0.2) is 0 Å². The number of nitrogens with zero attached hydrogens (tertiary/aromatic N) is 1. The van der Waals surface area contributed by atoms with Crippen molar-refractivity contribution in [2.75, 3.05) is 25.2 Å². The SMILES string of the molecule is CCOc1ccc(/C(O)=C2/C(=O)C(=O)N(c3cc(C)cc(C)c3)C2c2cccc(OC)c2)c(OCC)c1. The Morgan fingerprint density at radius 1 is 0.892 bits per heavy atom. The van der Waals surface area contributed by atoms with Crippen molar-refractivity contribution >= 4 is 23.1 Å². The smallest absolute Gasteiger partial charge is 0.300 e. The lowest BCUT2D eigenvalue weighted by Gasteiger charge is -2.26. The number of anilines is 1. The summed E-state index contributed by atoms with van der Waals surface area (Å²) in [5.74, 6) is -0.316. The number of hydrogen-bond acceptors (Lipinski definition) is 6. The molecule has 0 aromatic heterocycles. The molecule has 0 radical (unpaired) electrons. The third-order valence-electron chi connectivity index (χ3n) is 6.16. The Morgan fingerprint density at radius 2 is 1.59 bits per heavy atom. The van der Waals surface area contributed by atoms with Gasteiger partial charge in [-0.3, -0.25) is 14.5 Å². The molecule has 0 bridgehead atoms. The summed E-state index contributed by atoms with van der Waals surface area (Å²) >= 11 is 0. The lowest BCUT2D eigenvalue weighted by molar-refractivity contribution is -0.132. The number of Topliss-reactive ketones (excluding diaryl/α,β-unsaturated/α-hetero) is 1. The van der Waals surface area contributed by atoms with Gasteiger partial charge in [-0.1, -0.05) is 18.2 Å². The summed E-state index contributed by atoms with van der Waals surface area (Å²) in [6, 6.07) is 17.0. The van der Waals surface area contributed by atoms with Crippen LogP contribution >= 0.6 is 0 Å². The second-order valence-corrected chi connectivity index (χ2v) is 8.82. The molecule has 1 aliphatic rings. The molecule has 4 rings (SSSR count). The minimum absolute atomic E-state index is 0.0254. The van der Waals surface area contributed by atoms with Crippen molar-refractivity contribution in [3.05, 3.63) is 88.5 Å². The Bertz CT molecular complexity index is 1360. The molecule has 192 valence electrons. The number of hydrogen-bond donors (Lipinski definition) is 1. The summed E-state index contributed by atoms with van der Waals surface area (Å²) in [5, 5.41) is 11.6. The van der Waals surface area contributed by atoms with E-state index in [1.54, 1.807) is 43.5 Å². The third kappa shape index (κ3) is 5.03. The number of aryl methyl sites for hydroxylation is 2. The maximum atomic E-state index is 13.5. The summed E-state index contributed by atoms with van der Waals surface area (Å²) in [7, 11) is 1.55. The highest BCUT2D eigenvalue weighted by molar-refractivity contribution is 6.51. The number of carbonyl (C=O) groups is 2. The first-order valence-electron chi connectivity index (χ1n) is 12.2. The van der Waals surface area contributed by atoms with Gasteiger partial charge >= 0.3 is 0 Å². The van der Waals surface area contributed by atoms with Gasteiger partial charge in [-0.15, -0.1) is 0 Å². The van der Waals surface area contributed by atoms with Crippen LogP contribution in [0.2, 0.25) is 0 Å². The van der Waals surface area contributed by atoms with E-state index in [0.29, 0.717) is 47.3 Å². The number of benzene rings is 3. The zero-order chi connectivity index (χ0) is 26.7. The van der Waals surface area contributed by atoms with E-state index in [1.165, 1.54) is 4.90 Å². The lowest BCUT2D eigenvalue weighted by atomic mass is 9.94. The second-order valence-electron chi connectivity index (χ2n) is 8.82. The van der Waals surface area contributed by atoms with Gasteiger partial charge in [0.25, 0.3) is 11.7 Å². The highest BCUT2D eigenvalue weighted by atomic mass is 16.5. The molecule has 0 saturated carbocycles. The van der Waals surface area contributed by atoms with Crippen LogP contribution in [-0.4, -0.2) is 37.1 Å². The van der Waals surface area contributed by atoms with E-state index in [-0.39, 0.29) is 11.3 Å². The molecule has 3 aromatic carbocycles. The Morgan fingerprint density at radius 3 is 2.24 bits per heavy atom. The number of rotatable bonds is 8. The number of methoxy groups -OCH3 is 1. The second kappa shape index (κ2) is 10.8. The molecule has 1 aliphatic heterocycles. The third-order valence-corrected chi connectivity index (χ3v) is 6.16. The topological polar surface area (TPSA) is 85.3 Å². The number of aliphatic hydroxyl groups excluding tert-OH is 1. The van der Waals surface area contributed by atoms with Crippen LogP contribution in [0.15, 0.2) is 66.2 Å². The standard InChI is InChI=1S/C30H31NO6/c1-6-36-23-11-12-24(25(17-23)37-7-2)28(32)26-27(20-9-8-10-22(16-20)35-5)31(30(34)29(26)33)21-14-18(3)13-19(4)15-21/h8-17,27,32H,6-7H2,1-5H3/b28-26-. The molecule has 0 spiro atoms. The van der Waals surface area contributed by atoms with Gasteiger partial charge in [-0.05, 0) is 80.8 Å². The van der Waals surface area contributed by atoms with Crippen LogP contribution in [0.25, 0.3) is 5.76 Å². The molecular formula is C30H31NO6. The first-order valence-corrected chi connectivity index (χ1v) is 12.2. The molecule has 7 heteroatoms. The van der Waals surface area contributed by atoms with Gasteiger partial charge in [0.1, 0.15) is 23.0 Å². The predicted molar refractivity (Wildman–Crippen MR) is 142 cm³/mol. The largest absolute Gasteiger partial charge is 0.507 e. The number of aliphatic hydroxyl groups is 1. The van der Waals surface area contributed by atoms with Crippen molar-refractivity contribution in [1.29, 1.82) is 0 Å². The van der Waals surface area contributed by atoms with Crippen LogP contribution in [0, 0.1) is 13.8 Å². The van der Waals surface area contributed by atoms with Gasteiger partial charge in [0.05, 0.1) is 37.5 Å². The van der Waals surface area contributed by atoms with Crippen molar-refractivity contribution in [3.8, 4) is 17.2 Å². The number of amides is 1. The Balaban J connectivity index is 1.97. The minimum atomic E-state index is -0.877. The molecule has 1 N–H and O–H groups in total. The van der Waals surface area contributed by atoms with Crippen LogP contribution in [0.5, 0.6) is 17.2 Å². The van der Waals surface area contributed by atoms with Crippen molar-refractivity contribution in [2.45, 2.75) is 33.7 Å².